The fourth-order valence-corrected chi connectivity index (χ4v) is 4.87. The van der Waals surface area contributed by atoms with Crippen molar-refractivity contribution in [1.82, 2.24) is 0 Å². The van der Waals surface area contributed by atoms with Gasteiger partial charge in [-0.2, -0.15) is 0 Å². The molecule has 0 saturated heterocycles. The lowest BCUT2D eigenvalue weighted by atomic mass is 10.0. The lowest BCUT2D eigenvalue weighted by molar-refractivity contribution is -0.118. The number of rotatable bonds is 5. The molecule has 0 spiro atoms. The monoisotopic (exact) mass is 375 g/mol. The number of carbonyl (C=O) groups excluding carboxylic acids is 1. The maximum atomic E-state index is 12.9. The van der Waals surface area contributed by atoms with Crippen LogP contribution in [-0.2, 0) is 21.1 Å². The first-order valence-electron chi connectivity index (χ1n) is 8.21. The molecule has 2 heterocycles. The first-order chi connectivity index (χ1) is 11.9. The van der Waals surface area contributed by atoms with Crippen molar-refractivity contribution in [2.75, 3.05) is 10.7 Å². The summed E-state index contributed by atoms with van der Waals surface area (Å²) in [6.07, 6.45) is 1.88. The maximum Gasteiger partial charge on any atom is 0.232 e. The van der Waals surface area contributed by atoms with E-state index < -0.39 is 15.9 Å². The molecule has 1 aliphatic heterocycles. The molecule has 6 heteroatoms. The molecule has 0 bridgehead atoms. The van der Waals surface area contributed by atoms with Crippen molar-refractivity contribution in [3.8, 4) is 0 Å². The van der Waals surface area contributed by atoms with Crippen LogP contribution in [0.4, 0.5) is 5.69 Å². The maximum absolute atomic E-state index is 12.9. The van der Waals surface area contributed by atoms with Gasteiger partial charge in [-0.05, 0) is 41.1 Å². The molecule has 2 aromatic rings. The SMILES string of the molecule is CC(C)c1ccc(N(C(=O)Cc2cccs2)[C@H]2C=CS(=O)(=O)C2)cc1. The Kier molecular flexibility index (Phi) is 5.11. The summed E-state index contributed by atoms with van der Waals surface area (Å²) >= 11 is 1.53. The van der Waals surface area contributed by atoms with Gasteiger partial charge in [-0.25, -0.2) is 8.42 Å². The molecular formula is C19H21NO3S2. The van der Waals surface area contributed by atoms with Crippen molar-refractivity contribution >= 4 is 32.8 Å². The van der Waals surface area contributed by atoms with Crippen LogP contribution in [0.15, 0.2) is 53.3 Å². The van der Waals surface area contributed by atoms with Gasteiger partial charge < -0.3 is 4.90 Å². The normalized spacial score (nSPS) is 18.6. The van der Waals surface area contributed by atoms with E-state index in [0.717, 1.165) is 10.6 Å². The van der Waals surface area contributed by atoms with Gasteiger partial charge in [0.15, 0.2) is 9.84 Å². The number of anilines is 1. The minimum Gasteiger partial charge on any atom is -0.304 e. The predicted octanol–water partition coefficient (Wildman–Crippen LogP) is 3.76. The Morgan fingerprint density at radius 1 is 1.24 bits per heavy atom. The van der Waals surface area contributed by atoms with Crippen LogP contribution < -0.4 is 4.90 Å². The molecular weight excluding hydrogens is 354 g/mol. The second kappa shape index (κ2) is 7.14. The van der Waals surface area contributed by atoms with E-state index in [1.165, 1.54) is 22.3 Å². The third-order valence-electron chi connectivity index (χ3n) is 4.25. The van der Waals surface area contributed by atoms with Gasteiger partial charge in [0.1, 0.15) is 0 Å². The second-order valence-electron chi connectivity index (χ2n) is 6.49. The van der Waals surface area contributed by atoms with Gasteiger partial charge in [0.2, 0.25) is 5.91 Å². The molecule has 0 unspecified atom stereocenters. The van der Waals surface area contributed by atoms with Crippen LogP contribution in [-0.4, -0.2) is 26.1 Å². The van der Waals surface area contributed by atoms with E-state index in [0.29, 0.717) is 5.92 Å². The summed E-state index contributed by atoms with van der Waals surface area (Å²) in [6, 6.07) is 11.2. The quantitative estimate of drug-likeness (QED) is 0.800. The number of nitrogens with zero attached hydrogens (tertiary/aromatic N) is 1. The third-order valence-corrected chi connectivity index (χ3v) is 6.51. The van der Waals surface area contributed by atoms with Crippen LogP contribution in [0.25, 0.3) is 0 Å². The molecule has 4 nitrogen and oxygen atoms in total. The second-order valence-corrected chi connectivity index (χ2v) is 9.45. The third kappa shape index (κ3) is 4.19. The molecule has 25 heavy (non-hydrogen) atoms. The van der Waals surface area contributed by atoms with Crippen LogP contribution in [0.3, 0.4) is 0 Å². The highest BCUT2D eigenvalue weighted by Gasteiger charge is 2.31. The van der Waals surface area contributed by atoms with Gasteiger partial charge >= 0.3 is 0 Å². The van der Waals surface area contributed by atoms with Gasteiger partial charge in [0.25, 0.3) is 0 Å². The number of hydrogen-bond acceptors (Lipinski definition) is 4. The highest BCUT2D eigenvalue weighted by molar-refractivity contribution is 7.94. The lowest BCUT2D eigenvalue weighted by Crippen LogP contribution is -2.42. The molecule has 0 radical (unpaired) electrons. The number of hydrogen-bond donors (Lipinski definition) is 0. The Hall–Kier alpha value is -1.92. The Morgan fingerprint density at radius 3 is 2.48 bits per heavy atom. The lowest BCUT2D eigenvalue weighted by Gasteiger charge is -2.28. The molecule has 3 rings (SSSR count). The Labute approximate surface area is 152 Å². The summed E-state index contributed by atoms with van der Waals surface area (Å²) < 4.78 is 23.7. The fraction of sp³-hybridized carbons (Fsp3) is 0.316. The van der Waals surface area contributed by atoms with E-state index in [9.17, 15) is 13.2 Å². The fourth-order valence-electron chi connectivity index (χ4n) is 2.91. The van der Waals surface area contributed by atoms with Gasteiger partial charge in [-0.3, -0.25) is 4.79 Å². The summed E-state index contributed by atoms with van der Waals surface area (Å²) in [7, 11) is -3.24. The van der Waals surface area contributed by atoms with Crippen molar-refractivity contribution < 1.29 is 13.2 Å². The van der Waals surface area contributed by atoms with E-state index >= 15 is 0 Å². The molecule has 1 aromatic heterocycles. The number of thiophene rings is 1. The van der Waals surface area contributed by atoms with E-state index in [1.54, 1.807) is 11.0 Å². The summed E-state index contributed by atoms with van der Waals surface area (Å²) in [5.41, 5.74) is 1.92. The van der Waals surface area contributed by atoms with Crippen molar-refractivity contribution in [3.63, 3.8) is 0 Å². The topological polar surface area (TPSA) is 54.5 Å². The van der Waals surface area contributed by atoms with Crippen molar-refractivity contribution in [3.05, 3.63) is 63.7 Å². The van der Waals surface area contributed by atoms with Crippen LogP contribution in [0.5, 0.6) is 0 Å². The minimum atomic E-state index is -3.24. The molecule has 132 valence electrons. The first kappa shape index (κ1) is 17.9. The molecule has 0 fully saturated rings. The molecule has 1 aromatic carbocycles. The molecule has 1 aliphatic rings. The zero-order valence-electron chi connectivity index (χ0n) is 14.3. The first-order valence-corrected chi connectivity index (χ1v) is 10.8. The summed E-state index contributed by atoms with van der Waals surface area (Å²) in [5, 5.41) is 3.15. The number of carbonyl (C=O) groups is 1. The Morgan fingerprint density at radius 2 is 1.96 bits per heavy atom. The van der Waals surface area contributed by atoms with Crippen LogP contribution in [0.2, 0.25) is 0 Å². The predicted molar refractivity (Wildman–Crippen MR) is 103 cm³/mol. The van der Waals surface area contributed by atoms with Crippen LogP contribution in [0, 0.1) is 0 Å². The van der Waals surface area contributed by atoms with Crippen LogP contribution >= 0.6 is 11.3 Å². The minimum absolute atomic E-state index is 0.0604. The van der Waals surface area contributed by atoms with E-state index in [4.69, 9.17) is 0 Å². The van der Waals surface area contributed by atoms with Crippen LogP contribution in [0.1, 0.15) is 30.2 Å². The average molecular weight is 376 g/mol. The number of sulfone groups is 1. The largest absolute Gasteiger partial charge is 0.304 e. The zero-order valence-corrected chi connectivity index (χ0v) is 15.9. The Bertz CT molecular complexity index is 866. The van der Waals surface area contributed by atoms with Gasteiger partial charge in [0, 0.05) is 16.0 Å². The molecule has 1 atom stereocenters. The molecule has 0 N–H and O–H groups in total. The van der Waals surface area contributed by atoms with E-state index in [2.05, 4.69) is 13.8 Å². The summed E-state index contributed by atoms with van der Waals surface area (Å²) in [5.74, 6) is 0.248. The number of benzene rings is 1. The van der Waals surface area contributed by atoms with Gasteiger partial charge in [-0.15, -0.1) is 11.3 Å². The molecule has 1 amide bonds. The molecule has 0 saturated carbocycles. The standard InChI is InChI=1S/C19H21NO3S2/c1-14(2)15-5-7-16(8-6-15)20(17-9-11-25(22,23)13-17)19(21)12-18-4-3-10-24-18/h3-11,14,17H,12-13H2,1-2H3/t17-/m0/s1. The van der Waals surface area contributed by atoms with E-state index in [-0.39, 0.29) is 18.1 Å². The molecule has 0 aliphatic carbocycles. The van der Waals surface area contributed by atoms with Crippen molar-refractivity contribution in [2.45, 2.75) is 32.2 Å². The Balaban J connectivity index is 1.91. The highest BCUT2D eigenvalue weighted by Crippen LogP contribution is 2.26. The van der Waals surface area contributed by atoms with Gasteiger partial charge in [-0.1, -0.05) is 32.0 Å². The van der Waals surface area contributed by atoms with E-state index in [1.807, 2.05) is 41.8 Å². The van der Waals surface area contributed by atoms with Crippen molar-refractivity contribution in [1.29, 1.82) is 0 Å². The average Bonchev–Trinajstić information content (AvgIpc) is 3.17. The highest BCUT2D eigenvalue weighted by atomic mass is 32.2. The van der Waals surface area contributed by atoms with Crippen molar-refractivity contribution in [2.24, 2.45) is 0 Å². The smallest absolute Gasteiger partial charge is 0.232 e. The summed E-state index contributed by atoms with van der Waals surface area (Å²) in [4.78, 5) is 15.5. The number of amides is 1. The zero-order chi connectivity index (χ0) is 18.0. The van der Waals surface area contributed by atoms with Gasteiger partial charge in [0.05, 0.1) is 18.2 Å². The summed E-state index contributed by atoms with van der Waals surface area (Å²) in [6.45, 7) is 4.22.